The van der Waals surface area contributed by atoms with Crippen LogP contribution >= 0.6 is 11.3 Å². The van der Waals surface area contributed by atoms with Crippen molar-refractivity contribution < 1.29 is 31.4 Å². The van der Waals surface area contributed by atoms with Gasteiger partial charge in [0.05, 0.1) is 11.3 Å². The van der Waals surface area contributed by atoms with Crippen molar-refractivity contribution in [3.63, 3.8) is 0 Å². The van der Waals surface area contributed by atoms with Crippen LogP contribution in [0.1, 0.15) is 103 Å². The molecule has 0 aliphatic carbocycles. The predicted molar refractivity (Wildman–Crippen MR) is 206 cm³/mol. The van der Waals surface area contributed by atoms with E-state index in [1.807, 2.05) is 27.7 Å². The Morgan fingerprint density at radius 3 is 2.10 bits per heavy atom. The molecule has 49 heavy (non-hydrogen) atoms. The molecule has 0 amide bonds. The molecule has 0 unspecified atom stereocenters. The molecule has 0 saturated heterocycles. The molecule has 263 valence electrons. The van der Waals surface area contributed by atoms with Crippen LogP contribution in [0.5, 0.6) is 0 Å². The van der Waals surface area contributed by atoms with Crippen LogP contribution < -0.4 is 0 Å². The second-order valence-corrected chi connectivity index (χ2v) is 15.1. The molecule has 2 heterocycles. The number of carbonyl (C=O) groups is 1. The number of aliphatic hydroxyl groups is 1. The zero-order valence-electron chi connectivity index (χ0n) is 32.1. The van der Waals surface area contributed by atoms with Gasteiger partial charge in [-0.25, -0.2) is 4.98 Å². The minimum atomic E-state index is -0.0357. The number of carbonyl (C=O) groups excluding carboxylic acids is 1. The van der Waals surface area contributed by atoms with E-state index in [0.717, 1.165) is 58.1 Å². The van der Waals surface area contributed by atoms with Crippen LogP contribution in [-0.2, 0) is 30.3 Å². The molecule has 0 aliphatic heterocycles. The number of hydrogen-bond acceptors (Lipinski definition) is 5. The van der Waals surface area contributed by atoms with E-state index in [9.17, 15) is 9.90 Å². The Labute approximate surface area is 313 Å². The third-order valence-electron chi connectivity index (χ3n) is 9.48. The van der Waals surface area contributed by atoms with Gasteiger partial charge in [-0.3, -0.25) is 9.78 Å². The largest absolute Gasteiger partial charge is 0.512 e. The van der Waals surface area contributed by atoms with Crippen LogP contribution in [0.2, 0.25) is 0 Å². The fourth-order valence-corrected chi connectivity index (χ4v) is 8.12. The summed E-state index contributed by atoms with van der Waals surface area (Å²) >= 11 is 1.73. The van der Waals surface area contributed by atoms with Crippen LogP contribution in [0.25, 0.3) is 42.7 Å². The summed E-state index contributed by atoms with van der Waals surface area (Å²) in [6.45, 7) is 23.4. The summed E-state index contributed by atoms with van der Waals surface area (Å²) in [6.07, 6.45) is 4.95. The van der Waals surface area contributed by atoms with E-state index in [4.69, 9.17) is 1.37 Å². The fourth-order valence-electron chi connectivity index (χ4n) is 6.69. The van der Waals surface area contributed by atoms with Crippen molar-refractivity contribution in [1.29, 1.82) is 0 Å². The summed E-state index contributed by atoms with van der Waals surface area (Å²) in [6, 6.07) is 18.7. The van der Waals surface area contributed by atoms with Crippen molar-refractivity contribution in [3.8, 4) is 21.7 Å². The number of aromatic nitrogens is 2. The number of hydrogen-bond donors (Lipinski definition) is 1. The first-order valence-corrected chi connectivity index (χ1v) is 18.2. The number of benzene rings is 3. The van der Waals surface area contributed by atoms with E-state index >= 15 is 0 Å². The molecule has 5 aromatic rings. The number of aliphatic hydroxyl groups excluding tert-OH is 1. The van der Waals surface area contributed by atoms with E-state index in [0.29, 0.717) is 0 Å². The Balaban J connectivity index is 0.000000361. The Morgan fingerprint density at radius 2 is 1.53 bits per heavy atom. The van der Waals surface area contributed by atoms with Gasteiger partial charge in [0, 0.05) is 53.3 Å². The normalized spacial score (nSPS) is 12.3. The van der Waals surface area contributed by atoms with Crippen molar-refractivity contribution >= 4 is 38.1 Å². The summed E-state index contributed by atoms with van der Waals surface area (Å²) in [4.78, 5) is 22.1. The topological polar surface area (TPSA) is 63.1 Å². The SMILES string of the molecule is CCC(CC)C(=O)/C=C(\O)C(CC)CC.[2H]c1nc(-c2[c-]c3ccccc3c(C(C)(C)C)c2)c2sc(-c3c(C)cc(C)cc3C)c(C)c2n1.[Ir]. The van der Waals surface area contributed by atoms with Gasteiger partial charge in [0.1, 0.15) is 7.67 Å². The summed E-state index contributed by atoms with van der Waals surface area (Å²) in [5.41, 5.74) is 9.99. The Bertz CT molecular complexity index is 1980. The van der Waals surface area contributed by atoms with Crippen LogP contribution in [-0.4, -0.2) is 20.9 Å². The first-order valence-electron chi connectivity index (χ1n) is 17.9. The van der Waals surface area contributed by atoms with Gasteiger partial charge in [0.15, 0.2) is 5.78 Å². The number of nitrogens with zero attached hydrogens (tertiary/aromatic N) is 2. The number of allylic oxidation sites excluding steroid dienone is 2. The van der Waals surface area contributed by atoms with Gasteiger partial charge < -0.3 is 5.11 Å². The molecule has 0 fully saturated rings. The first kappa shape index (κ1) is 38.6. The molecule has 0 aliphatic rings. The smallest absolute Gasteiger partial charge is 0.162 e. The standard InChI is InChI=1S/C30H29N2S.C13H24O2.Ir/c1-17-12-18(2)25(19(3)13-17)28-20(4)26-29(33-28)27(32-16-31-26)22-14-21-10-8-9-11-23(21)24(15-22)30(5,6)7;1-5-10(6-2)12(14)9-13(15)11(7-3)8-4;/h8-13,15-16H,1-7H3;9-11,14H,5-8H2,1-4H3;/q-1;;/b;12-9-;/i16D;;. The summed E-state index contributed by atoms with van der Waals surface area (Å²) in [5, 5.41) is 12.0. The Hall–Kier alpha value is -3.18. The van der Waals surface area contributed by atoms with Crippen LogP contribution in [0.15, 0.2) is 60.6 Å². The predicted octanol–water partition coefficient (Wildman–Crippen LogP) is 12.4. The van der Waals surface area contributed by atoms with Gasteiger partial charge in [-0.1, -0.05) is 95.3 Å². The molecule has 0 spiro atoms. The number of aryl methyl sites for hydroxylation is 4. The van der Waals surface area contributed by atoms with Crippen molar-refractivity contribution in [2.24, 2.45) is 11.8 Å². The minimum Gasteiger partial charge on any atom is -0.512 e. The average Bonchev–Trinajstić information content (AvgIpc) is 3.35. The van der Waals surface area contributed by atoms with Crippen molar-refractivity contribution in [1.82, 2.24) is 9.97 Å². The van der Waals surface area contributed by atoms with Crippen molar-refractivity contribution in [3.05, 3.63) is 94.5 Å². The number of thiophene rings is 1. The van der Waals surface area contributed by atoms with E-state index in [1.54, 1.807) is 11.3 Å². The minimum absolute atomic E-state index is 0. The third-order valence-corrected chi connectivity index (χ3v) is 10.8. The second kappa shape index (κ2) is 17.2. The Morgan fingerprint density at radius 1 is 0.939 bits per heavy atom. The molecular weight excluding hydrogens is 801 g/mol. The molecule has 4 nitrogen and oxygen atoms in total. The molecule has 3 aromatic carbocycles. The summed E-state index contributed by atoms with van der Waals surface area (Å²) < 4.78 is 9.42. The molecule has 5 rings (SSSR count). The summed E-state index contributed by atoms with van der Waals surface area (Å²) in [5.74, 6) is 0.547. The molecule has 1 radical (unpaired) electrons. The quantitative estimate of drug-likeness (QED) is 0.0911. The van der Waals surface area contributed by atoms with Gasteiger partial charge in [0.25, 0.3) is 0 Å². The average molecular weight is 855 g/mol. The van der Waals surface area contributed by atoms with E-state index in [-0.39, 0.29) is 55.2 Å². The molecule has 0 atom stereocenters. The zero-order valence-corrected chi connectivity index (χ0v) is 34.3. The fraction of sp³-hybridized carbons (Fsp3) is 0.419. The second-order valence-electron chi connectivity index (χ2n) is 14.1. The molecule has 0 saturated carbocycles. The van der Waals surface area contributed by atoms with Gasteiger partial charge >= 0.3 is 0 Å². The monoisotopic (exact) mass is 855 g/mol. The maximum absolute atomic E-state index is 11.7. The molecule has 6 heteroatoms. The van der Waals surface area contributed by atoms with Gasteiger partial charge in [-0.15, -0.1) is 40.5 Å². The molecule has 2 aromatic heterocycles. The van der Waals surface area contributed by atoms with E-state index < -0.39 is 0 Å². The van der Waals surface area contributed by atoms with Crippen molar-refractivity contribution in [2.75, 3.05) is 0 Å². The maximum atomic E-state index is 11.7. The number of rotatable bonds is 9. The summed E-state index contributed by atoms with van der Waals surface area (Å²) in [7, 11) is 0. The molecular formula is C43H53IrN2O2S-. The van der Waals surface area contributed by atoms with Gasteiger partial charge in [-0.05, 0) is 81.0 Å². The van der Waals surface area contributed by atoms with Crippen LogP contribution in [0.4, 0.5) is 0 Å². The van der Waals surface area contributed by atoms with E-state index in [1.165, 1.54) is 44.2 Å². The van der Waals surface area contributed by atoms with Gasteiger partial charge in [0.2, 0.25) is 0 Å². The zero-order chi connectivity index (χ0) is 36.2. The van der Waals surface area contributed by atoms with Gasteiger partial charge in [-0.2, -0.15) is 0 Å². The van der Waals surface area contributed by atoms with E-state index in [2.05, 4.69) is 107 Å². The number of ketones is 1. The third kappa shape index (κ3) is 8.95. The molecule has 1 N–H and O–H groups in total. The number of fused-ring (bicyclic) bond motifs is 2. The Kier molecular flexibility index (Phi) is 13.5. The van der Waals surface area contributed by atoms with Crippen LogP contribution in [0.3, 0.4) is 0 Å². The van der Waals surface area contributed by atoms with Crippen LogP contribution in [0, 0.1) is 45.6 Å². The molecule has 0 bridgehead atoms. The first-order chi connectivity index (χ1) is 23.1. The maximum Gasteiger partial charge on any atom is 0.162 e. The van der Waals surface area contributed by atoms with Crippen molar-refractivity contribution in [2.45, 2.75) is 107 Å².